The van der Waals surface area contributed by atoms with Gasteiger partial charge in [-0.3, -0.25) is 14.4 Å². The fourth-order valence-corrected chi connectivity index (χ4v) is 5.61. The maximum absolute atomic E-state index is 14.1. The van der Waals surface area contributed by atoms with Crippen LogP contribution in [0.5, 0.6) is 5.75 Å². The summed E-state index contributed by atoms with van der Waals surface area (Å²) in [6.07, 6.45) is 1.26. The molecule has 196 valence electrons. The second-order valence-electron chi connectivity index (χ2n) is 9.07. The molecule has 7 nitrogen and oxygen atoms in total. The summed E-state index contributed by atoms with van der Waals surface area (Å²) in [6.45, 7) is 3.55. The highest BCUT2D eigenvalue weighted by Crippen LogP contribution is 2.29. The number of amides is 1. The lowest BCUT2D eigenvalue weighted by Gasteiger charge is -2.31. The number of likely N-dealkylation sites (tertiary alicyclic amines) is 1. The molecule has 1 heterocycles. The molecule has 2 N–H and O–H groups in total. The first-order chi connectivity index (χ1) is 17.7. The third-order valence-electron chi connectivity index (χ3n) is 6.43. The maximum Gasteiger partial charge on any atom is 0.262 e. The number of sulfonamides is 1. The Kier molecular flexibility index (Phi) is 8.36. The van der Waals surface area contributed by atoms with Crippen molar-refractivity contribution < 1.29 is 22.3 Å². The number of methoxy groups -OCH3 is 1. The van der Waals surface area contributed by atoms with E-state index in [0.29, 0.717) is 60.2 Å². The largest absolute Gasteiger partial charge is 0.495 e. The molecule has 0 spiro atoms. The molecule has 10 heteroatoms. The minimum Gasteiger partial charge on any atom is -0.495 e. The van der Waals surface area contributed by atoms with E-state index in [1.165, 1.54) is 25.3 Å². The van der Waals surface area contributed by atoms with Gasteiger partial charge in [-0.05, 0) is 86.9 Å². The Morgan fingerprint density at radius 1 is 1.11 bits per heavy atom. The van der Waals surface area contributed by atoms with Crippen molar-refractivity contribution in [3.63, 3.8) is 0 Å². The number of piperidine rings is 1. The Morgan fingerprint density at radius 3 is 2.46 bits per heavy atom. The van der Waals surface area contributed by atoms with Crippen LogP contribution >= 0.6 is 11.6 Å². The highest BCUT2D eigenvalue weighted by atomic mass is 35.5. The van der Waals surface area contributed by atoms with Gasteiger partial charge in [0.2, 0.25) is 5.91 Å². The van der Waals surface area contributed by atoms with E-state index in [1.807, 2.05) is 13.0 Å². The Labute approximate surface area is 221 Å². The number of carbonyl (C=O) groups is 1. The average molecular weight is 546 g/mol. The van der Waals surface area contributed by atoms with Gasteiger partial charge in [0.15, 0.2) is 0 Å². The van der Waals surface area contributed by atoms with E-state index in [1.54, 1.807) is 36.4 Å². The summed E-state index contributed by atoms with van der Waals surface area (Å²) in [4.78, 5) is 15.0. The molecule has 4 rings (SSSR count). The molecule has 0 saturated carbocycles. The molecule has 3 aromatic carbocycles. The zero-order valence-electron chi connectivity index (χ0n) is 20.6. The predicted octanol–water partition coefficient (Wildman–Crippen LogP) is 5.45. The number of aryl methyl sites for hydroxylation is 1. The van der Waals surface area contributed by atoms with E-state index in [9.17, 15) is 17.6 Å². The molecule has 1 aliphatic heterocycles. The van der Waals surface area contributed by atoms with Crippen LogP contribution in [0.15, 0.2) is 65.6 Å². The molecule has 0 aromatic heterocycles. The van der Waals surface area contributed by atoms with Crippen molar-refractivity contribution in [2.75, 3.05) is 30.2 Å². The van der Waals surface area contributed by atoms with Gasteiger partial charge in [0.05, 0.1) is 17.7 Å². The summed E-state index contributed by atoms with van der Waals surface area (Å²) in [5.41, 5.74) is 2.22. The van der Waals surface area contributed by atoms with Gasteiger partial charge in [-0.1, -0.05) is 23.7 Å². The molecule has 0 aliphatic carbocycles. The van der Waals surface area contributed by atoms with Crippen LogP contribution in [-0.2, 0) is 21.4 Å². The van der Waals surface area contributed by atoms with E-state index >= 15 is 0 Å². The Morgan fingerprint density at radius 2 is 1.81 bits per heavy atom. The van der Waals surface area contributed by atoms with E-state index in [-0.39, 0.29) is 22.5 Å². The first-order valence-electron chi connectivity index (χ1n) is 11.9. The van der Waals surface area contributed by atoms with Crippen LogP contribution < -0.4 is 14.8 Å². The van der Waals surface area contributed by atoms with Crippen molar-refractivity contribution in [2.45, 2.75) is 31.2 Å². The Hall–Kier alpha value is -3.14. The van der Waals surface area contributed by atoms with Crippen LogP contribution in [0, 0.1) is 18.7 Å². The number of halogens is 2. The lowest BCUT2D eigenvalue weighted by Crippen LogP contribution is -2.38. The molecule has 37 heavy (non-hydrogen) atoms. The van der Waals surface area contributed by atoms with E-state index < -0.39 is 10.0 Å². The lowest BCUT2D eigenvalue weighted by atomic mass is 9.95. The number of anilines is 2. The zero-order chi connectivity index (χ0) is 26.6. The SMILES string of the molecule is COc1ccc(C)cc1NS(=O)(=O)c1ccc(NC(=O)C2CCN(Cc3c(F)cccc3Cl)CC2)cc1. The Balaban J connectivity index is 1.33. The van der Waals surface area contributed by atoms with Crippen molar-refractivity contribution in [3.8, 4) is 5.75 Å². The molecule has 0 bridgehead atoms. The van der Waals surface area contributed by atoms with Gasteiger partial charge in [-0.15, -0.1) is 0 Å². The van der Waals surface area contributed by atoms with Gasteiger partial charge in [0.25, 0.3) is 10.0 Å². The molecular weight excluding hydrogens is 517 g/mol. The maximum atomic E-state index is 14.1. The van der Waals surface area contributed by atoms with Crippen LogP contribution in [0.1, 0.15) is 24.0 Å². The third kappa shape index (κ3) is 6.60. The minimum absolute atomic E-state index is 0.0640. The van der Waals surface area contributed by atoms with Gasteiger partial charge >= 0.3 is 0 Å². The van der Waals surface area contributed by atoms with Crippen molar-refractivity contribution in [3.05, 3.63) is 82.6 Å². The molecule has 0 atom stereocenters. The van der Waals surface area contributed by atoms with E-state index in [4.69, 9.17) is 16.3 Å². The van der Waals surface area contributed by atoms with Crippen LogP contribution in [0.4, 0.5) is 15.8 Å². The van der Waals surface area contributed by atoms with Crippen molar-refractivity contribution in [1.82, 2.24) is 4.90 Å². The monoisotopic (exact) mass is 545 g/mol. The van der Waals surface area contributed by atoms with Gasteiger partial charge in [0.1, 0.15) is 11.6 Å². The first-order valence-corrected chi connectivity index (χ1v) is 13.8. The summed E-state index contributed by atoms with van der Waals surface area (Å²) in [5.74, 6) is -0.222. The van der Waals surface area contributed by atoms with Gasteiger partial charge < -0.3 is 10.1 Å². The van der Waals surface area contributed by atoms with Gasteiger partial charge in [-0.25, -0.2) is 12.8 Å². The predicted molar refractivity (Wildman–Crippen MR) is 143 cm³/mol. The number of benzene rings is 3. The molecule has 1 saturated heterocycles. The number of carbonyl (C=O) groups excluding carboxylic acids is 1. The molecule has 0 unspecified atom stereocenters. The second kappa shape index (κ2) is 11.5. The zero-order valence-corrected chi connectivity index (χ0v) is 22.2. The number of hydrogen-bond acceptors (Lipinski definition) is 5. The van der Waals surface area contributed by atoms with E-state index in [0.717, 1.165) is 5.56 Å². The quantitative estimate of drug-likeness (QED) is 0.393. The smallest absolute Gasteiger partial charge is 0.262 e. The highest BCUT2D eigenvalue weighted by molar-refractivity contribution is 7.92. The second-order valence-corrected chi connectivity index (χ2v) is 11.2. The number of nitrogens with one attached hydrogen (secondary N) is 2. The highest BCUT2D eigenvalue weighted by Gasteiger charge is 2.26. The summed E-state index contributed by atoms with van der Waals surface area (Å²) in [5, 5.41) is 3.28. The topological polar surface area (TPSA) is 87.7 Å². The molecule has 1 aliphatic rings. The fraction of sp³-hybridized carbons (Fsp3) is 0.296. The van der Waals surface area contributed by atoms with Crippen LogP contribution in [-0.4, -0.2) is 39.4 Å². The average Bonchev–Trinajstić information content (AvgIpc) is 2.87. The summed E-state index contributed by atoms with van der Waals surface area (Å²) < 4.78 is 47.7. The molecule has 0 radical (unpaired) electrons. The first kappa shape index (κ1) is 26.9. The van der Waals surface area contributed by atoms with E-state index in [2.05, 4.69) is 14.9 Å². The normalized spacial score (nSPS) is 14.8. The minimum atomic E-state index is -3.85. The van der Waals surface area contributed by atoms with Crippen molar-refractivity contribution >= 4 is 38.9 Å². The summed E-state index contributed by atoms with van der Waals surface area (Å²) in [7, 11) is -2.38. The van der Waals surface area contributed by atoms with Crippen molar-refractivity contribution in [1.29, 1.82) is 0 Å². The number of nitrogens with zero attached hydrogens (tertiary/aromatic N) is 1. The standard InChI is InChI=1S/C27H29ClFN3O4S/c1-18-6-11-26(36-2)25(16-18)31-37(34,35)21-9-7-20(8-10-21)30-27(33)19-12-14-32(15-13-19)17-22-23(28)4-3-5-24(22)29/h3-11,16,19,31H,12-15,17H2,1-2H3,(H,30,33). The number of rotatable bonds is 8. The summed E-state index contributed by atoms with van der Waals surface area (Å²) >= 11 is 6.14. The molecular formula is C27H29ClFN3O4S. The van der Waals surface area contributed by atoms with Gasteiger partial charge in [0, 0.05) is 28.7 Å². The van der Waals surface area contributed by atoms with Crippen LogP contribution in [0.2, 0.25) is 5.02 Å². The fourth-order valence-electron chi connectivity index (χ4n) is 4.33. The van der Waals surface area contributed by atoms with Crippen LogP contribution in [0.25, 0.3) is 0 Å². The third-order valence-corrected chi connectivity index (χ3v) is 8.17. The van der Waals surface area contributed by atoms with Crippen molar-refractivity contribution in [2.24, 2.45) is 5.92 Å². The Bertz CT molecular complexity index is 1350. The summed E-state index contributed by atoms with van der Waals surface area (Å²) in [6, 6.07) is 15.9. The van der Waals surface area contributed by atoms with Crippen LogP contribution in [0.3, 0.4) is 0 Å². The number of ether oxygens (including phenoxy) is 1. The molecule has 1 amide bonds. The number of hydrogen-bond donors (Lipinski definition) is 2. The van der Waals surface area contributed by atoms with Gasteiger partial charge in [-0.2, -0.15) is 0 Å². The molecule has 3 aromatic rings. The molecule has 1 fully saturated rings. The lowest BCUT2D eigenvalue weighted by molar-refractivity contribution is -0.121.